The zero-order valence-electron chi connectivity index (χ0n) is 23.0. The van der Waals surface area contributed by atoms with Gasteiger partial charge in [0.15, 0.2) is 4.99 Å². The molecule has 2 aromatic rings. The van der Waals surface area contributed by atoms with Gasteiger partial charge in [-0.15, -0.1) is 0 Å². The van der Waals surface area contributed by atoms with Gasteiger partial charge in [0.2, 0.25) is 8.03 Å². The Balaban J connectivity index is 2.10. The molecular weight excluding hydrogens is 547 g/mol. The van der Waals surface area contributed by atoms with Crippen LogP contribution in [-0.2, 0) is 44.7 Å². The monoisotopic (exact) mass is 584 g/mol. The molecule has 216 valence electrons. The highest BCUT2D eigenvalue weighted by Gasteiger charge is 2.37. The first-order valence-corrected chi connectivity index (χ1v) is 15.3. The number of rotatable bonds is 12. The molecule has 2 atom stereocenters. The first-order valence-electron chi connectivity index (χ1n) is 12.4. The first kappa shape index (κ1) is 32.5. The summed E-state index contributed by atoms with van der Waals surface area (Å²) in [6.45, 7) is 7.21. The zero-order valence-corrected chi connectivity index (χ0v) is 24.8. The van der Waals surface area contributed by atoms with Crippen molar-refractivity contribution in [1.29, 1.82) is 0 Å². The van der Waals surface area contributed by atoms with E-state index in [9.17, 15) is 27.1 Å². The quantitative estimate of drug-likeness (QED) is 0.137. The average molecular weight is 585 g/mol. The Kier molecular flexibility index (Phi) is 11.3. The predicted molar refractivity (Wildman–Crippen MR) is 146 cm³/mol. The van der Waals surface area contributed by atoms with Crippen LogP contribution < -0.4 is 4.74 Å². The third-order valence-corrected chi connectivity index (χ3v) is 8.94. The van der Waals surface area contributed by atoms with Gasteiger partial charge in [-0.05, 0) is 90.6 Å². The maximum Gasteiger partial charge on any atom is 0.370 e. The number of ether oxygens (including phenoxy) is 3. The lowest BCUT2D eigenvalue weighted by Crippen LogP contribution is -2.35. The van der Waals surface area contributed by atoms with Crippen molar-refractivity contribution < 1.29 is 45.9 Å². The number of carbonyl (C=O) groups excluding carboxylic acids is 2. The Labute approximate surface area is 230 Å². The summed E-state index contributed by atoms with van der Waals surface area (Å²) >= 11 is 0. The number of aryl methyl sites for hydroxylation is 1. The van der Waals surface area contributed by atoms with E-state index in [1.54, 1.807) is 59.7 Å². The highest BCUT2D eigenvalue weighted by molar-refractivity contribution is 7.92. The van der Waals surface area contributed by atoms with Crippen molar-refractivity contribution in [2.24, 2.45) is 10.8 Å². The number of benzene rings is 2. The molecular formula is C27H37O10PS. The molecule has 0 spiro atoms. The summed E-state index contributed by atoms with van der Waals surface area (Å²) in [7, 11) is -8.46. The van der Waals surface area contributed by atoms with Crippen LogP contribution in [-0.4, -0.2) is 36.4 Å². The highest BCUT2D eigenvalue weighted by Crippen LogP contribution is 2.39. The number of carbonyl (C=O) groups is 2. The largest absolute Gasteiger partial charge is 0.457 e. The van der Waals surface area contributed by atoms with Gasteiger partial charge in [-0.2, -0.15) is 8.42 Å². The van der Waals surface area contributed by atoms with Gasteiger partial charge in [0, 0.05) is 0 Å². The van der Waals surface area contributed by atoms with Gasteiger partial charge >= 0.3 is 18.4 Å². The highest BCUT2D eigenvalue weighted by atomic mass is 32.2. The van der Waals surface area contributed by atoms with Crippen LogP contribution in [0.3, 0.4) is 0 Å². The van der Waals surface area contributed by atoms with E-state index in [4.69, 9.17) is 18.7 Å². The van der Waals surface area contributed by atoms with Gasteiger partial charge in [0.1, 0.15) is 11.5 Å². The summed E-state index contributed by atoms with van der Waals surface area (Å²) in [5.74, 6) is -0.410. The SMILES string of the molecule is CC(C)(C)C(=O)OC(OC(=O)C(C)(C)C)O[PH](=O)[C@H](CCCc1cccc(Oc2ccccc2)c1)S(=O)(=O)O. The smallest absolute Gasteiger partial charge is 0.370 e. The fourth-order valence-electron chi connectivity index (χ4n) is 3.04. The van der Waals surface area contributed by atoms with Crippen molar-refractivity contribution in [3.8, 4) is 11.5 Å². The molecule has 0 aliphatic carbocycles. The summed E-state index contributed by atoms with van der Waals surface area (Å²) in [5.41, 5.74) is -1.21. The van der Waals surface area contributed by atoms with Crippen molar-refractivity contribution in [2.45, 2.75) is 72.3 Å². The molecule has 1 unspecified atom stereocenters. The number of esters is 2. The van der Waals surface area contributed by atoms with Gasteiger partial charge in [0.05, 0.1) is 10.8 Å². The third-order valence-electron chi connectivity index (χ3n) is 5.28. The molecule has 0 radical (unpaired) electrons. The molecule has 0 fully saturated rings. The minimum Gasteiger partial charge on any atom is -0.457 e. The second kappa shape index (κ2) is 13.6. The third kappa shape index (κ3) is 11.1. The Morgan fingerprint density at radius 2 is 1.41 bits per heavy atom. The second-order valence-corrected chi connectivity index (χ2v) is 14.6. The molecule has 1 N–H and O–H groups in total. The molecule has 0 bridgehead atoms. The van der Waals surface area contributed by atoms with E-state index < -0.39 is 52.4 Å². The van der Waals surface area contributed by atoms with Gasteiger partial charge in [0.25, 0.3) is 10.1 Å². The van der Waals surface area contributed by atoms with E-state index in [0.717, 1.165) is 5.56 Å². The number of para-hydroxylation sites is 1. The van der Waals surface area contributed by atoms with E-state index in [-0.39, 0.29) is 12.8 Å². The van der Waals surface area contributed by atoms with E-state index in [0.29, 0.717) is 17.9 Å². The van der Waals surface area contributed by atoms with Gasteiger partial charge in [-0.25, -0.2) is 0 Å². The van der Waals surface area contributed by atoms with Crippen molar-refractivity contribution in [2.75, 3.05) is 0 Å². The van der Waals surface area contributed by atoms with E-state index in [2.05, 4.69) is 0 Å². The van der Waals surface area contributed by atoms with Crippen LogP contribution in [0.25, 0.3) is 0 Å². The van der Waals surface area contributed by atoms with Crippen LogP contribution in [0.2, 0.25) is 0 Å². The Morgan fingerprint density at radius 3 is 1.92 bits per heavy atom. The van der Waals surface area contributed by atoms with E-state index >= 15 is 0 Å². The maximum absolute atomic E-state index is 13.0. The van der Waals surface area contributed by atoms with E-state index in [1.165, 1.54) is 0 Å². The van der Waals surface area contributed by atoms with Crippen LogP contribution in [0.1, 0.15) is 59.9 Å². The molecule has 0 heterocycles. The second-order valence-electron chi connectivity index (χ2n) is 11.0. The molecule has 0 saturated heterocycles. The average Bonchev–Trinajstić information content (AvgIpc) is 2.80. The fraction of sp³-hybridized carbons (Fsp3) is 0.481. The zero-order chi connectivity index (χ0) is 29.4. The molecule has 10 nitrogen and oxygen atoms in total. The first-order chi connectivity index (χ1) is 18.0. The van der Waals surface area contributed by atoms with Crippen LogP contribution in [0.15, 0.2) is 54.6 Å². The Hall–Kier alpha value is -2.72. The molecule has 12 heteroatoms. The summed E-state index contributed by atoms with van der Waals surface area (Å²) in [6, 6.07) is 16.4. The van der Waals surface area contributed by atoms with Crippen molar-refractivity contribution in [3.05, 3.63) is 60.2 Å². The van der Waals surface area contributed by atoms with Crippen LogP contribution in [0.4, 0.5) is 0 Å². The van der Waals surface area contributed by atoms with Crippen LogP contribution in [0.5, 0.6) is 11.5 Å². The standard InChI is InChI=1S/C27H37O10PS/c1-26(2,3)23(28)35-25(36-24(29)27(4,5)6)37-38(30)22(39(31,32)33)17-11-13-19-12-10-16-21(18-19)34-20-14-8-7-9-15-20/h7-10,12,14-16,18,22,25,38H,11,13,17H2,1-6H3,(H,31,32,33)/t22-/m0/s1. The molecule has 0 aromatic heterocycles. The molecule has 0 aliphatic heterocycles. The summed E-state index contributed by atoms with van der Waals surface area (Å²) in [6.07, 6.45) is 0.370. The predicted octanol–water partition coefficient (Wildman–Crippen LogP) is 5.97. The normalized spacial score (nSPS) is 13.9. The molecule has 0 aliphatic rings. The van der Waals surface area contributed by atoms with E-state index in [1.807, 2.05) is 36.4 Å². The van der Waals surface area contributed by atoms with Crippen molar-refractivity contribution in [3.63, 3.8) is 0 Å². The summed E-state index contributed by atoms with van der Waals surface area (Å²) in [4.78, 5) is 22.9. The molecule has 39 heavy (non-hydrogen) atoms. The summed E-state index contributed by atoms with van der Waals surface area (Å²) < 4.78 is 68.1. The van der Waals surface area contributed by atoms with Crippen LogP contribution in [0, 0.1) is 10.8 Å². The van der Waals surface area contributed by atoms with Crippen molar-refractivity contribution in [1.82, 2.24) is 0 Å². The van der Waals surface area contributed by atoms with Gasteiger partial charge in [-0.1, -0.05) is 30.3 Å². The van der Waals surface area contributed by atoms with Gasteiger partial charge in [-0.3, -0.25) is 23.2 Å². The topological polar surface area (TPSA) is 142 Å². The van der Waals surface area contributed by atoms with Crippen molar-refractivity contribution >= 4 is 30.1 Å². The lowest BCUT2D eigenvalue weighted by atomic mass is 9.97. The molecule has 2 rings (SSSR count). The molecule has 0 saturated carbocycles. The molecule has 0 amide bonds. The lowest BCUT2D eigenvalue weighted by Gasteiger charge is -2.26. The fourth-order valence-corrected chi connectivity index (χ4v) is 5.52. The maximum atomic E-state index is 13.0. The van der Waals surface area contributed by atoms with Crippen LogP contribution >= 0.6 is 8.03 Å². The minimum atomic E-state index is -4.82. The minimum absolute atomic E-state index is 0.216. The molecule has 2 aromatic carbocycles. The Bertz CT molecular complexity index is 1220. The number of hydrogen-bond donors (Lipinski definition) is 1. The van der Waals surface area contributed by atoms with Gasteiger partial charge < -0.3 is 14.2 Å². The Morgan fingerprint density at radius 1 is 0.872 bits per heavy atom. The lowest BCUT2D eigenvalue weighted by molar-refractivity contribution is -0.243. The number of hydrogen-bond acceptors (Lipinski definition) is 9. The summed E-state index contributed by atoms with van der Waals surface area (Å²) in [5, 5.41) is 0.